The first-order valence-electron chi connectivity index (χ1n) is 11.9. The van der Waals surface area contributed by atoms with Crippen molar-refractivity contribution in [3.63, 3.8) is 0 Å². The van der Waals surface area contributed by atoms with Crippen LogP contribution in [-0.4, -0.2) is 34.2 Å². The van der Waals surface area contributed by atoms with Crippen molar-refractivity contribution in [1.29, 1.82) is 0 Å². The highest BCUT2D eigenvalue weighted by molar-refractivity contribution is 7.20. The van der Waals surface area contributed by atoms with E-state index in [0.29, 0.717) is 33.5 Å². The lowest BCUT2D eigenvalue weighted by Crippen LogP contribution is -2.33. The van der Waals surface area contributed by atoms with E-state index >= 15 is 0 Å². The van der Waals surface area contributed by atoms with Gasteiger partial charge in [0, 0.05) is 6.42 Å². The molecule has 8 heteroatoms. The molecule has 1 unspecified atom stereocenters. The van der Waals surface area contributed by atoms with Crippen LogP contribution in [0.4, 0.5) is 0 Å². The number of rotatable bonds is 8. The molecule has 2 aromatic heterocycles. The van der Waals surface area contributed by atoms with E-state index in [9.17, 15) is 14.4 Å². The molecule has 3 aromatic rings. The van der Waals surface area contributed by atoms with E-state index in [4.69, 9.17) is 9.47 Å². The van der Waals surface area contributed by atoms with Crippen LogP contribution in [0.3, 0.4) is 0 Å². The number of nitrogens with zero attached hydrogens (tertiary/aromatic N) is 2. The van der Waals surface area contributed by atoms with Crippen LogP contribution < -0.4 is 5.56 Å². The Morgan fingerprint density at radius 3 is 2.62 bits per heavy atom. The van der Waals surface area contributed by atoms with Crippen LogP contribution in [0.5, 0.6) is 0 Å². The number of carbonyl (C=O) groups excluding carboxylic acids is 2. The molecule has 1 aliphatic carbocycles. The van der Waals surface area contributed by atoms with E-state index in [-0.39, 0.29) is 18.3 Å². The number of thiophene rings is 1. The van der Waals surface area contributed by atoms with Crippen molar-refractivity contribution < 1.29 is 19.1 Å². The summed E-state index contributed by atoms with van der Waals surface area (Å²) in [6.45, 7) is 3.82. The lowest BCUT2D eigenvalue weighted by molar-refractivity contribution is -0.154. The molecule has 1 aliphatic rings. The first-order chi connectivity index (χ1) is 16.5. The van der Waals surface area contributed by atoms with Gasteiger partial charge in [-0.1, -0.05) is 43.7 Å². The standard InChI is InChI=1S/C26H30N2O5S/c1-3-20(25(30)33-19-12-8-5-9-13-19)28-16-27-23-21(24(28)29)17(2)22(34-23)26(31)32-15-14-18-10-6-4-7-11-18/h4,6-7,10-11,16,19-20H,3,5,8-9,12-15H2,1-2H3. The number of aryl methyl sites for hydroxylation is 1. The van der Waals surface area contributed by atoms with E-state index in [1.165, 1.54) is 17.3 Å². The van der Waals surface area contributed by atoms with Crippen molar-refractivity contribution in [3.8, 4) is 0 Å². The van der Waals surface area contributed by atoms with Gasteiger partial charge < -0.3 is 9.47 Å². The summed E-state index contributed by atoms with van der Waals surface area (Å²) in [6.07, 6.45) is 7.35. The molecule has 0 spiro atoms. The van der Waals surface area contributed by atoms with Gasteiger partial charge in [0.1, 0.15) is 21.9 Å². The fraction of sp³-hybridized carbons (Fsp3) is 0.462. The third-order valence-electron chi connectivity index (χ3n) is 6.36. The number of ether oxygens (including phenoxy) is 2. The van der Waals surface area contributed by atoms with E-state index < -0.39 is 18.0 Å². The van der Waals surface area contributed by atoms with Gasteiger partial charge in [0.15, 0.2) is 0 Å². The number of carbonyl (C=O) groups is 2. The molecule has 0 amide bonds. The van der Waals surface area contributed by atoms with E-state index in [1.807, 2.05) is 37.3 Å². The Labute approximate surface area is 202 Å². The van der Waals surface area contributed by atoms with Crippen LogP contribution in [0, 0.1) is 6.92 Å². The first-order valence-corrected chi connectivity index (χ1v) is 12.7. The summed E-state index contributed by atoms with van der Waals surface area (Å²) in [4.78, 5) is 44.2. The Kier molecular flexibility index (Phi) is 7.77. The predicted octanol–water partition coefficient (Wildman–Crippen LogP) is 4.99. The van der Waals surface area contributed by atoms with Crippen molar-refractivity contribution in [2.45, 2.75) is 70.9 Å². The minimum atomic E-state index is -0.744. The summed E-state index contributed by atoms with van der Waals surface area (Å²) < 4.78 is 12.5. The minimum absolute atomic E-state index is 0.0807. The van der Waals surface area contributed by atoms with Crippen LogP contribution in [0.2, 0.25) is 0 Å². The molecular formula is C26H30N2O5S. The predicted molar refractivity (Wildman–Crippen MR) is 131 cm³/mol. The molecule has 1 atom stereocenters. The average Bonchev–Trinajstić information content (AvgIpc) is 3.19. The minimum Gasteiger partial charge on any atom is -0.461 e. The van der Waals surface area contributed by atoms with Gasteiger partial charge in [-0.15, -0.1) is 11.3 Å². The summed E-state index contributed by atoms with van der Waals surface area (Å²) in [5, 5.41) is 0.353. The quantitative estimate of drug-likeness (QED) is 0.420. The van der Waals surface area contributed by atoms with Crippen molar-refractivity contribution in [3.05, 3.63) is 63.0 Å². The number of benzene rings is 1. The Bertz CT molecular complexity index is 1210. The number of fused-ring (bicyclic) bond motifs is 1. The summed E-state index contributed by atoms with van der Waals surface area (Å²) in [5.41, 5.74) is 1.28. The monoisotopic (exact) mass is 482 g/mol. The average molecular weight is 483 g/mol. The van der Waals surface area contributed by atoms with Gasteiger partial charge in [0.05, 0.1) is 18.3 Å². The third kappa shape index (κ3) is 5.22. The lowest BCUT2D eigenvalue weighted by Gasteiger charge is -2.25. The molecule has 34 heavy (non-hydrogen) atoms. The van der Waals surface area contributed by atoms with Crippen molar-refractivity contribution in [1.82, 2.24) is 9.55 Å². The molecule has 7 nitrogen and oxygen atoms in total. The van der Waals surface area contributed by atoms with Gasteiger partial charge in [-0.3, -0.25) is 9.36 Å². The summed E-state index contributed by atoms with van der Waals surface area (Å²) in [5.74, 6) is -0.864. The SMILES string of the molecule is CCC(C(=O)OC1CCCCC1)n1cnc2sc(C(=O)OCCc3ccccc3)c(C)c2c1=O. The summed E-state index contributed by atoms with van der Waals surface area (Å²) >= 11 is 1.14. The van der Waals surface area contributed by atoms with Crippen LogP contribution in [-0.2, 0) is 20.7 Å². The van der Waals surface area contributed by atoms with Crippen molar-refractivity contribution in [2.24, 2.45) is 0 Å². The lowest BCUT2D eigenvalue weighted by atomic mass is 9.98. The Hall–Kier alpha value is -3.00. The van der Waals surface area contributed by atoms with Gasteiger partial charge in [0.25, 0.3) is 5.56 Å². The summed E-state index contributed by atoms with van der Waals surface area (Å²) in [7, 11) is 0. The zero-order valence-corrected chi connectivity index (χ0v) is 20.4. The number of hydrogen-bond acceptors (Lipinski definition) is 7. The normalized spacial score (nSPS) is 15.2. The van der Waals surface area contributed by atoms with Crippen molar-refractivity contribution in [2.75, 3.05) is 6.61 Å². The molecule has 0 saturated heterocycles. The van der Waals surface area contributed by atoms with Gasteiger partial charge >= 0.3 is 11.9 Å². The van der Waals surface area contributed by atoms with E-state index in [2.05, 4.69) is 4.98 Å². The number of esters is 2. The smallest absolute Gasteiger partial charge is 0.348 e. The summed E-state index contributed by atoms with van der Waals surface area (Å²) in [6, 6.07) is 9.04. The van der Waals surface area contributed by atoms with E-state index in [0.717, 1.165) is 42.6 Å². The van der Waals surface area contributed by atoms with E-state index in [1.54, 1.807) is 6.92 Å². The molecular weight excluding hydrogens is 452 g/mol. The number of hydrogen-bond donors (Lipinski definition) is 0. The molecule has 1 aromatic carbocycles. The van der Waals surface area contributed by atoms with Crippen LogP contribution in [0.25, 0.3) is 10.2 Å². The number of aromatic nitrogens is 2. The maximum absolute atomic E-state index is 13.4. The topological polar surface area (TPSA) is 87.5 Å². The van der Waals surface area contributed by atoms with Gasteiger partial charge in [-0.05, 0) is 50.2 Å². The van der Waals surface area contributed by atoms with Gasteiger partial charge in [-0.25, -0.2) is 14.6 Å². The molecule has 0 radical (unpaired) electrons. The zero-order chi connectivity index (χ0) is 24.1. The fourth-order valence-electron chi connectivity index (χ4n) is 4.43. The third-order valence-corrected chi connectivity index (χ3v) is 7.54. The zero-order valence-electron chi connectivity index (χ0n) is 19.6. The Balaban J connectivity index is 1.52. The fourth-order valence-corrected chi connectivity index (χ4v) is 5.46. The highest BCUT2D eigenvalue weighted by atomic mass is 32.1. The molecule has 1 fully saturated rings. The second kappa shape index (κ2) is 11.0. The molecule has 1 saturated carbocycles. The van der Waals surface area contributed by atoms with Crippen LogP contribution in [0.15, 0.2) is 41.5 Å². The largest absolute Gasteiger partial charge is 0.461 e. The first kappa shape index (κ1) is 24.1. The second-order valence-electron chi connectivity index (χ2n) is 8.69. The van der Waals surface area contributed by atoms with Crippen LogP contribution >= 0.6 is 11.3 Å². The Morgan fingerprint density at radius 2 is 1.91 bits per heavy atom. The molecule has 0 bridgehead atoms. The molecule has 180 valence electrons. The molecule has 2 heterocycles. The maximum atomic E-state index is 13.4. The highest BCUT2D eigenvalue weighted by Gasteiger charge is 2.28. The second-order valence-corrected chi connectivity index (χ2v) is 9.68. The Morgan fingerprint density at radius 1 is 1.18 bits per heavy atom. The molecule has 4 rings (SSSR count). The van der Waals surface area contributed by atoms with Crippen LogP contribution in [0.1, 0.15) is 72.3 Å². The van der Waals surface area contributed by atoms with Crippen molar-refractivity contribution >= 4 is 33.5 Å². The highest BCUT2D eigenvalue weighted by Crippen LogP contribution is 2.29. The van der Waals surface area contributed by atoms with Gasteiger partial charge in [-0.2, -0.15) is 0 Å². The molecule has 0 aliphatic heterocycles. The maximum Gasteiger partial charge on any atom is 0.348 e. The molecule has 0 N–H and O–H groups in total. The van der Waals surface area contributed by atoms with Gasteiger partial charge in [0.2, 0.25) is 0 Å².